The molecule has 2 nitrogen and oxygen atoms in total. The van der Waals surface area contributed by atoms with Crippen molar-refractivity contribution in [3.05, 3.63) is 24.2 Å². The smallest absolute Gasteiger partial charge is 0.104 e. The van der Waals surface area contributed by atoms with E-state index in [0.29, 0.717) is 5.41 Å². The molecule has 1 aliphatic rings. The Bertz CT molecular complexity index is 247. The molecule has 0 spiro atoms. The molecule has 0 bridgehead atoms. The minimum Gasteiger partial charge on any atom is -0.469 e. The van der Waals surface area contributed by atoms with Gasteiger partial charge in [-0.2, -0.15) is 0 Å². The normalized spacial score (nSPS) is 20.7. The second kappa shape index (κ2) is 3.54. The monoisotopic (exact) mass is 179 g/mol. The molecule has 0 aliphatic heterocycles. The van der Waals surface area contributed by atoms with Crippen molar-refractivity contribution in [2.45, 2.75) is 32.1 Å². The molecule has 0 saturated heterocycles. The van der Waals surface area contributed by atoms with Gasteiger partial charge in [0.25, 0.3) is 0 Å². The van der Waals surface area contributed by atoms with Crippen molar-refractivity contribution in [3.8, 4) is 0 Å². The van der Waals surface area contributed by atoms with E-state index in [1.807, 2.05) is 6.07 Å². The summed E-state index contributed by atoms with van der Waals surface area (Å²) < 4.78 is 5.37. The third-order valence-corrected chi connectivity index (χ3v) is 3.23. The van der Waals surface area contributed by atoms with E-state index < -0.39 is 0 Å². The molecule has 2 N–H and O–H groups in total. The SMILES string of the molecule is NCC1(Cc2ccco2)CCCC1. The van der Waals surface area contributed by atoms with Crippen LogP contribution >= 0.6 is 0 Å². The van der Waals surface area contributed by atoms with Crippen LogP contribution in [0, 0.1) is 5.41 Å². The molecular formula is C11H17NO. The summed E-state index contributed by atoms with van der Waals surface area (Å²) in [6, 6.07) is 4.00. The fraction of sp³-hybridized carbons (Fsp3) is 0.636. The average molecular weight is 179 g/mol. The summed E-state index contributed by atoms with van der Waals surface area (Å²) in [4.78, 5) is 0. The lowest BCUT2D eigenvalue weighted by Gasteiger charge is -2.25. The Balaban J connectivity index is 2.06. The number of nitrogens with two attached hydrogens (primary N) is 1. The van der Waals surface area contributed by atoms with Crippen molar-refractivity contribution in [3.63, 3.8) is 0 Å². The topological polar surface area (TPSA) is 39.2 Å². The standard InChI is InChI=1S/C11H17NO/c12-9-11(5-1-2-6-11)8-10-4-3-7-13-10/h3-4,7H,1-2,5-6,8-9,12H2. The molecule has 13 heavy (non-hydrogen) atoms. The highest BCUT2D eigenvalue weighted by Gasteiger charge is 2.33. The highest BCUT2D eigenvalue weighted by atomic mass is 16.3. The van der Waals surface area contributed by atoms with E-state index in [-0.39, 0.29) is 0 Å². The van der Waals surface area contributed by atoms with Crippen LogP contribution in [0.15, 0.2) is 22.8 Å². The third kappa shape index (κ3) is 1.78. The minimum absolute atomic E-state index is 0.345. The van der Waals surface area contributed by atoms with Crippen LogP contribution in [0.1, 0.15) is 31.4 Å². The molecule has 1 fully saturated rings. The molecule has 1 aromatic rings. The van der Waals surface area contributed by atoms with Gasteiger partial charge in [-0.15, -0.1) is 0 Å². The molecule has 1 heterocycles. The highest BCUT2D eigenvalue weighted by molar-refractivity contribution is 5.03. The van der Waals surface area contributed by atoms with E-state index in [0.717, 1.165) is 18.7 Å². The lowest BCUT2D eigenvalue weighted by molar-refractivity contribution is 0.282. The van der Waals surface area contributed by atoms with Crippen molar-refractivity contribution >= 4 is 0 Å². The first kappa shape index (κ1) is 8.82. The van der Waals surface area contributed by atoms with Crippen molar-refractivity contribution in [1.29, 1.82) is 0 Å². The molecule has 1 saturated carbocycles. The van der Waals surface area contributed by atoms with Crippen LogP contribution < -0.4 is 5.73 Å². The average Bonchev–Trinajstić information content (AvgIpc) is 2.77. The molecule has 0 amide bonds. The summed E-state index contributed by atoms with van der Waals surface area (Å²) in [5.74, 6) is 1.09. The highest BCUT2D eigenvalue weighted by Crippen LogP contribution is 2.39. The largest absolute Gasteiger partial charge is 0.469 e. The predicted molar refractivity (Wildman–Crippen MR) is 52.4 cm³/mol. The summed E-state index contributed by atoms with van der Waals surface area (Å²) >= 11 is 0. The van der Waals surface area contributed by atoms with Crippen molar-refractivity contribution in [2.75, 3.05) is 6.54 Å². The van der Waals surface area contributed by atoms with Gasteiger partial charge in [-0.1, -0.05) is 12.8 Å². The van der Waals surface area contributed by atoms with Gasteiger partial charge in [-0.3, -0.25) is 0 Å². The Labute approximate surface area is 79.1 Å². The molecule has 0 unspecified atom stereocenters. The summed E-state index contributed by atoms with van der Waals surface area (Å²) in [5.41, 5.74) is 6.19. The Kier molecular flexibility index (Phi) is 2.40. The first-order valence-electron chi connectivity index (χ1n) is 5.07. The molecular weight excluding hydrogens is 162 g/mol. The Hall–Kier alpha value is -0.760. The molecule has 2 heteroatoms. The maximum Gasteiger partial charge on any atom is 0.104 e. The molecule has 0 atom stereocenters. The summed E-state index contributed by atoms with van der Waals surface area (Å²) in [6.45, 7) is 0.799. The second-order valence-corrected chi connectivity index (χ2v) is 4.17. The molecule has 72 valence electrons. The zero-order valence-corrected chi connectivity index (χ0v) is 7.96. The zero-order valence-electron chi connectivity index (χ0n) is 7.96. The van der Waals surface area contributed by atoms with Gasteiger partial charge in [-0.05, 0) is 36.9 Å². The first-order valence-corrected chi connectivity index (χ1v) is 5.07. The summed E-state index contributed by atoms with van der Waals surface area (Å²) in [6.07, 6.45) is 7.97. The maximum absolute atomic E-state index is 5.84. The summed E-state index contributed by atoms with van der Waals surface area (Å²) in [5, 5.41) is 0. The van der Waals surface area contributed by atoms with E-state index in [1.54, 1.807) is 6.26 Å². The van der Waals surface area contributed by atoms with Gasteiger partial charge in [0, 0.05) is 6.42 Å². The third-order valence-electron chi connectivity index (χ3n) is 3.23. The molecule has 0 radical (unpaired) electrons. The van der Waals surface area contributed by atoms with Crippen LogP contribution in [0.3, 0.4) is 0 Å². The van der Waals surface area contributed by atoms with Crippen LogP contribution in [-0.2, 0) is 6.42 Å². The van der Waals surface area contributed by atoms with Crippen LogP contribution in [-0.4, -0.2) is 6.54 Å². The Morgan fingerprint density at radius 3 is 2.69 bits per heavy atom. The lowest BCUT2D eigenvalue weighted by Crippen LogP contribution is -2.29. The molecule has 1 aliphatic carbocycles. The first-order chi connectivity index (χ1) is 6.35. The molecule has 1 aromatic heterocycles. The van der Waals surface area contributed by atoms with Crippen molar-refractivity contribution in [2.24, 2.45) is 11.1 Å². The minimum atomic E-state index is 0.345. The van der Waals surface area contributed by atoms with E-state index in [2.05, 4.69) is 6.07 Å². The van der Waals surface area contributed by atoms with E-state index in [9.17, 15) is 0 Å². The maximum atomic E-state index is 5.84. The van der Waals surface area contributed by atoms with Gasteiger partial charge in [0.2, 0.25) is 0 Å². The zero-order chi connectivity index (χ0) is 9.15. The quantitative estimate of drug-likeness (QED) is 0.773. The van der Waals surface area contributed by atoms with Gasteiger partial charge in [0.15, 0.2) is 0 Å². The van der Waals surface area contributed by atoms with Gasteiger partial charge in [-0.25, -0.2) is 0 Å². The molecule has 0 aromatic carbocycles. The predicted octanol–water partition coefficient (Wildman–Crippen LogP) is 2.34. The Morgan fingerprint density at radius 2 is 2.15 bits per heavy atom. The van der Waals surface area contributed by atoms with E-state index in [4.69, 9.17) is 10.2 Å². The van der Waals surface area contributed by atoms with Gasteiger partial charge < -0.3 is 10.2 Å². The second-order valence-electron chi connectivity index (χ2n) is 4.17. The van der Waals surface area contributed by atoms with E-state index >= 15 is 0 Å². The van der Waals surface area contributed by atoms with Crippen molar-refractivity contribution in [1.82, 2.24) is 0 Å². The van der Waals surface area contributed by atoms with E-state index in [1.165, 1.54) is 25.7 Å². The van der Waals surface area contributed by atoms with Crippen LogP contribution in [0.5, 0.6) is 0 Å². The number of rotatable bonds is 3. The van der Waals surface area contributed by atoms with Gasteiger partial charge >= 0.3 is 0 Å². The lowest BCUT2D eigenvalue weighted by atomic mass is 9.82. The van der Waals surface area contributed by atoms with Crippen LogP contribution in [0.25, 0.3) is 0 Å². The number of hydrogen-bond acceptors (Lipinski definition) is 2. The molecule has 2 rings (SSSR count). The number of hydrogen-bond donors (Lipinski definition) is 1. The van der Waals surface area contributed by atoms with Crippen molar-refractivity contribution < 1.29 is 4.42 Å². The van der Waals surface area contributed by atoms with Crippen LogP contribution in [0.4, 0.5) is 0 Å². The fourth-order valence-electron chi connectivity index (χ4n) is 2.36. The number of furan rings is 1. The Morgan fingerprint density at radius 1 is 1.38 bits per heavy atom. The van der Waals surface area contributed by atoms with Crippen LogP contribution in [0.2, 0.25) is 0 Å². The summed E-state index contributed by atoms with van der Waals surface area (Å²) in [7, 11) is 0. The fourth-order valence-corrected chi connectivity index (χ4v) is 2.36. The van der Waals surface area contributed by atoms with Gasteiger partial charge in [0.1, 0.15) is 5.76 Å². The van der Waals surface area contributed by atoms with Gasteiger partial charge in [0.05, 0.1) is 6.26 Å².